The third-order valence-electron chi connectivity index (χ3n) is 2.21. The molecule has 14 heavy (non-hydrogen) atoms. The molecule has 76 valence electrons. The molecule has 1 saturated heterocycles. The van der Waals surface area contributed by atoms with Gasteiger partial charge in [-0.05, 0) is 18.2 Å². The van der Waals surface area contributed by atoms with Crippen molar-refractivity contribution in [2.75, 3.05) is 13.1 Å². The van der Waals surface area contributed by atoms with Gasteiger partial charge in [0.2, 0.25) is 0 Å². The summed E-state index contributed by atoms with van der Waals surface area (Å²) in [7, 11) is 0. The van der Waals surface area contributed by atoms with Gasteiger partial charge in [0, 0.05) is 18.1 Å². The summed E-state index contributed by atoms with van der Waals surface area (Å²) in [5.41, 5.74) is 0. The van der Waals surface area contributed by atoms with Crippen LogP contribution in [0.5, 0.6) is 5.75 Å². The van der Waals surface area contributed by atoms with Gasteiger partial charge >= 0.3 is 0 Å². The van der Waals surface area contributed by atoms with E-state index in [4.69, 9.17) is 16.3 Å². The highest BCUT2D eigenvalue weighted by atomic mass is 35.5. The number of halogens is 1. The van der Waals surface area contributed by atoms with E-state index < -0.39 is 6.10 Å². The first-order valence-corrected chi connectivity index (χ1v) is 4.94. The molecule has 1 aliphatic rings. The molecule has 0 spiro atoms. The van der Waals surface area contributed by atoms with Gasteiger partial charge in [-0.3, -0.25) is 0 Å². The molecule has 0 amide bonds. The molecule has 1 aromatic carbocycles. The van der Waals surface area contributed by atoms with Gasteiger partial charge < -0.3 is 15.2 Å². The van der Waals surface area contributed by atoms with E-state index in [1.165, 1.54) is 0 Å². The van der Waals surface area contributed by atoms with Gasteiger partial charge in [-0.15, -0.1) is 0 Å². The Morgan fingerprint density at radius 1 is 1.43 bits per heavy atom. The molecule has 1 fully saturated rings. The van der Waals surface area contributed by atoms with Gasteiger partial charge in [-0.1, -0.05) is 17.7 Å². The van der Waals surface area contributed by atoms with Crippen LogP contribution in [-0.4, -0.2) is 30.4 Å². The highest BCUT2D eigenvalue weighted by molar-refractivity contribution is 6.30. The Morgan fingerprint density at radius 3 is 2.93 bits per heavy atom. The Kier molecular flexibility index (Phi) is 2.91. The summed E-state index contributed by atoms with van der Waals surface area (Å²) in [4.78, 5) is 0. The summed E-state index contributed by atoms with van der Waals surface area (Å²) in [6, 6.07) is 7.19. The number of hydrogen-bond donors (Lipinski definition) is 2. The Hall–Kier alpha value is -0.770. The second-order valence-corrected chi connectivity index (χ2v) is 3.78. The monoisotopic (exact) mass is 213 g/mol. The summed E-state index contributed by atoms with van der Waals surface area (Å²) in [6.45, 7) is 1.26. The molecule has 0 saturated carbocycles. The van der Waals surface area contributed by atoms with E-state index in [-0.39, 0.29) is 6.10 Å². The van der Waals surface area contributed by atoms with Crippen molar-refractivity contribution >= 4 is 11.6 Å². The Bertz CT molecular complexity index is 319. The summed E-state index contributed by atoms with van der Waals surface area (Å²) in [5.74, 6) is 0.699. The van der Waals surface area contributed by atoms with Gasteiger partial charge in [0.05, 0.1) is 0 Å². The van der Waals surface area contributed by atoms with Crippen LogP contribution in [0.25, 0.3) is 0 Å². The molecule has 0 aliphatic carbocycles. The van der Waals surface area contributed by atoms with Crippen LogP contribution in [0.15, 0.2) is 24.3 Å². The molecule has 1 aromatic rings. The minimum absolute atomic E-state index is 0.173. The molecule has 2 atom stereocenters. The quantitative estimate of drug-likeness (QED) is 0.772. The van der Waals surface area contributed by atoms with Gasteiger partial charge in [0.15, 0.2) is 0 Å². The van der Waals surface area contributed by atoms with Crippen LogP contribution >= 0.6 is 11.6 Å². The van der Waals surface area contributed by atoms with Crippen LogP contribution < -0.4 is 10.1 Å². The predicted molar refractivity (Wildman–Crippen MR) is 54.7 cm³/mol. The molecule has 4 heteroatoms. The minimum atomic E-state index is -0.436. The van der Waals surface area contributed by atoms with Crippen LogP contribution in [0.1, 0.15) is 0 Å². The molecule has 1 heterocycles. The Morgan fingerprint density at radius 2 is 2.29 bits per heavy atom. The summed E-state index contributed by atoms with van der Waals surface area (Å²) < 4.78 is 5.57. The molecule has 3 nitrogen and oxygen atoms in total. The van der Waals surface area contributed by atoms with E-state index in [0.29, 0.717) is 23.9 Å². The smallest absolute Gasteiger partial charge is 0.138 e. The topological polar surface area (TPSA) is 41.5 Å². The van der Waals surface area contributed by atoms with Crippen molar-refractivity contribution in [2.24, 2.45) is 0 Å². The SMILES string of the molecule is OC1CNCC1Oc1cccc(Cl)c1. The lowest BCUT2D eigenvalue weighted by Crippen LogP contribution is -2.29. The highest BCUT2D eigenvalue weighted by Gasteiger charge is 2.26. The fraction of sp³-hybridized carbons (Fsp3) is 0.400. The number of rotatable bonds is 2. The number of β-amino-alcohol motifs (C(OH)–C–C–N with tert-alkyl or cyclic N) is 1. The molecule has 0 bridgehead atoms. The third-order valence-corrected chi connectivity index (χ3v) is 2.45. The van der Waals surface area contributed by atoms with Crippen LogP contribution in [0.2, 0.25) is 5.02 Å². The lowest BCUT2D eigenvalue weighted by atomic mass is 10.2. The molecular formula is C10H12ClNO2. The number of nitrogens with one attached hydrogen (secondary N) is 1. The Balaban J connectivity index is 2.03. The molecule has 0 radical (unpaired) electrons. The van der Waals surface area contributed by atoms with Crippen molar-refractivity contribution in [2.45, 2.75) is 12.2 Å². The molecule has 2 N–H and O–H groups in total. The largest absolute Gasteiger partial charge is 0.486 e. The molecule has 2 unspecified atom stereocenters. The first-order chi connectivity index (χ1) is 6.75. The number of benzene rings is 1. The summed E-state index contributed by atoms with van der Waals surface area (Å²) in [5, 5.41) is 13.2. The zero-order chi connectivity index (χ0) is 9.97. The van der Waals surface area contributed by atoms with E-state index >= 15 is 0 Å². The van der Waals surface area contributed by atoms with Crippen LogP contribution in [0, 0.1) is 0 Å². The van der Waals surface area contributed by atoms with E-state index in [0.717, 1.165) is 0 Å². The average molecular weight is 214 g/mol. The third kappa shape index (κ3) is 2.18. The van der Waals surface area contributed by atoms with Crippen molar-refractivity contribution < 1.29 is 9.84 Å². The maximum atomic E-state index is 9.50. The zero-order valence-electron chi connectivity index (χ0n) is 7.61. The normalized spacial score (nSPS) is 26.4. The predicted octanol–water partition coefficient (Wildman–Crippen LogP) is 1.05. The molecule has 1 aliphatic heterocycles. The fourth-order valence-corrected chi connectivity index (χ4v) is 1.66. The standard InChI is InChI=1S/C10H12ClNO2/c11-7-2-1-3-8(4-7)14-10-6-12-5-9(10)13/h1-4,9-10,12-13H,5-6H2. The van der Waals surface area contributed by atoms with E-state index in [9.17, 15) is 5.11 Å². The van der Waals surface area contributed by atoms with Gasteiger partial charge in [0.25, 0.3) is 0 Å². The number of aliphatic hydroxyl groups excluding tert-OH is 1. The second kappa shape index (κ2) is 4.17. The van der Waals surface area contributed by atoms with E-state index in [1.54, 1.807) is 12.1 Å². The lowest BCUT2D eigenvalue weighted by Gasteiger charge is -2.15. The zero-order valence-corrected chi connectivity index (χ0v) is 8.37. The molecule has 2 rings (SSSR count). The number of hydrogen-bond acceptors (Lipinski definition) is 3. The Labute approximate surface area is 87.6 Å². The van der Waals surface area contributed by atoms with Crippen LogP contribution in [0.3, 0.4) is 0 Å². The maximum Gasteiger partial charge on any atom is 0.138 e. The highest BCUT2D eigenvalue weighted by Crippen LogP contribution is 2.19. The van der Waals surface area contributed by atoms with Crippen molar-refractivity contribution in [3.8, 4) is 5.75 Å². The second-order valence-electron chi connectivity index (χ2n) is 3.34. The summed E-state index contributed by atoms with van der Waals surface area (Å²) in [6.07, 6.45) is -0.609. The molecule has 0 aromatic heterocycles. The van der Waals surface area contributed by atoms with Gasteiger partial charge in [0.1, 0.15) is 18.0 Å². The maximum absolute atomic E-state index is 9.50. The van der Waals surface area contributed by atoms with Gasteiger partial charge in [-0.2, -0.15) is 0 Å². The van der Waals surface area contributed by atoms with Crippen LogP contribution in [0.4, 0.5) is 0 Å². The van der Waals surface area contributed by atoms with Gasteiger partial charge in [-0.25, -0.2) is 0 Å². The lowest BCUT2D eigenvalue weighted by molar-refractivity contribution is 0.0738. The van der Waals surface area contributed by atoms with Crippen molar-refractivity contribution in [1.29, 1.82) is 0 Å². The van der Waals surface area contributed by atoms with Crippen molar-refractivity contribution in [3.05, 3.63) is 29.3 Å². The first kappa shape index (κ1) is 9.77. The van der Waals surface area contributed by atoms with Crippen molar-refractivity contribution in [3.63, 3.8) is 0 Å². The average Bonchev–Trinajstić information content (AvgIpc) is 2.52. The fourth-order valence-electron chi connectivity index (χ4n) is 1.48. The van der Waals surface area contributed by atoms with Crippen molar-refractivity contribution in [1.82, 2.24) is 5.32 Å². The minimum Gasteiger partial charge on any atom is -0.486 e. The number of aliphatic hydroxyl groups is 1. The number of ether oxygens (including phenoxy) is 1. The summed E-state index contributed by atoms with van der Waals surface area (Å²) >= 11 is 5.81. The molecular weight excluding hydrogens is 202 g/mol. The first-order valence-electron chi connectivity index (χ1n) is 4.57. The van der Waals surface area contributed by atoms with Crippen LogP contribution in [-0.2, 0) is 0 Å². The van der Waals surface area contributed by atoms with E-state index in [2.05, 4.69) is 5.32 Å². The van der Waals surface area contributed by atoms with E-state index in [1.807, 2.05) is 12.1 Å².